The highest BCUT2D eigenvalue weighted by atomic mass is 79.9. The Morgan fingerprint density at radius 1 is 0.941 bits per heavy atom. The summed E-state index contributed by atoms with van der Waals surface area (Å²) < 4.78 is 48.2. The largest absolute Gasteiger partial charge is 0.503 e. The summed E-state index contributed by atoms with van der Waals surface area (Å²) in [6.07, 6.45) is 0. The van der Waals surface area contributed by atoms with Gasteiger partial charge in [-0.1, -0.05) is 28.1 Å². The van der Waals surface area contributed by atoms with Crippen molar-refractivity contribution in [2.24, 2.45) is 0 Å². The molecule has 0 fully saturated rings. The number of fused-ring (bicyclic) bond motifs is 1. The maximum atomic E-state index is 14.7. The molecule has 0 saturated carbocycles. The first-order valence-electron chi connectivity index (χ1n) is 9.95. The van der Waals surface area contributed by atoms with Gasteiger partial charge >= 0.3 is 0 Å². The number of hydrogen-bond acceptors (Lipinski definition) is 4. The van der Waals surface area contributed by atoms with Crippen LogP contribution in [0, 0.1) is 17.5 Å². The van der Waals surface area contributed by atoms with E-state index in [1.54, 1.807) is 18.2 Å². The second-order valence-corrected chi connectivity index (χ2v) is 8.52. The summed E-state index contributed by atoms with van der Waals surface area (Å²) in [4.78, 5) is 27.4. The molecule has 0 bridgehead atoms. The van der Waals surface area contributed by atoms with Gasteiger partial charge in [0.25, 0.3) is 5.91 Å². The van der Waals surface area contributed by atoms with Gasteiger partial charge in [-0.3, -0.25) is 14.5 Å². The molecule has 3 aromatic carbocycles. The molecule has 5 nitrogen and oxygen atoms in total. The summed E-state index contributed by atoms with van der Waals surface area (Å²) in [5, 5.41) is 11.3. The number of aliphatic hydroxyl groups is 1. The van der Waals surface area contributed by atoms with Gasteiger partial charge in [0.05, 0.1) is 17.3 Å². The fraction of sp³-hybridized carbons (Fsp3) is 0.0400. The van der Waals surface area contributed by atoms with Crippen LogP contribution in [-0.4, -0.2) is 16.8 Å². The van der Waals surface area contributed by atoms with Gasteiger partial charge in [0, 0.05) is 15.9 Å². The predicted octanol–water partition coefficient (Wildman–Crippen LogP) is 6.40. The molecule has 1 amide bonds. The highest BCUT2D eigenvalue weighted by molar-refractivity contribution is 9.10. The third-order valence-electron chi connectivity index (χ3n) is 5.51. The third kappa shape index (κ3) is 3.58. The number of carbonyl (C=O) groups is 2. The van der Waals surface area contributed by atoms with E-state index in [1.165, 1.54) is 18.2 Å². The zero-order valence-electron chi connectivity index (χ0n) is 17.1. The van der Waals surface area contributed by atoms with Gasteiger partial charge in [-0.25, -0.2) is 13.2 Å². The van der Waals surface area contributed by atoms with Crippen molar-refractivity contribution in [3.63, 3.8) is 0 Å². The Bertz CT molecular complexity index is 1510. The standard InChI is InChI=1S/C25H13BrF3NO4/c26-14-3-8-19-13(9-14)10-20(34-19)23(31)21-22(12-1-4-15(27)5-2-12)30(25(33)24(21)32)18-7-6-16(28)11-17(18)29/h1-11,22,32H. The van der Waals surface area contributed by atoms with E-state index in [0.717, 1.165) is 33.6 Å². The minimum absolute atomic E-state index is 0.156. The molecule has 170 valence electrons. The normalized spacial score (nSPS) is 16.1. The van der Waals surface area contributed by atoms with E-state index in [1.807, 2.05) is 0 Å². The van der Waals surface area contributed by atoms with Crippen LogP contribution < -0.4 is 4.90 Å². The van der Waals surface area contributed by atoms with E-state index >= 15 is 0 Å². The van der Waals surface area contributed by atoms with Crippen LogP contribution in [0.2, 0.25) is 0 Å². The average Bonchev–Trinajstić information content (AvgIpc) is 3.33. The number of amides is 1. The molecule has 34 heavy (non-hydrogen) atoms. The van der Waals surface area contributed by atoms with Crippen LogP contribution in [0.15, 0.2) is 87.0 Å². The lowest BCUT2D eigenvalue weighted by Gasteiger charge is -2.27. The number of rotatable bonds is 4. The summed E-state index contributed by atoms with van der Waals surface area (Å²) in [5.41, 5.74) is -0.109. The molecule has 5 rings (SSSR count). The molecule has 1 aliphatic heterocycles. The van der Waals surface area contributed by atoms with E-state index in [0.29, 0.717) is 17.0 Å². The maximum Gasteiger partial charge on any atom is 0.294 e. The molecule has 1 N–H and O–H groups in total. The van der Waals surface area contributed by atoms with Gasteiger partial charge in [-0.15, -0.1) is 0 Å². The SMILES string of the molecule is O=C(C1=C(O)C(=O)N(c2ccc(F)cc2F)C1c1ccc(F)cc1)c1cc2cc(Br)ccc2o1. The first-order chi connectivity index (χ1) is 16.2. The molecular weight excluding hydrogens is 515 g/mol. The van der Waals surface area contributed by atoms with Crippen LogP contribution in [0.3, 0.4) is 0 Å². The van der Waals surface area contributed by atoms with Crippen molar-refractivity contribution in [3.8, 4) is 0 Å². The zero-order valence-corrected chi connectivity index (χ0v) is 18.6. The number of nitrogens with zero attached hydrogens (tertiary/aromatic N) is 1. The Hall–Kier alpha value is -3.85. The van der Waals surface area contributed by atoms with Crippen molar-refractivity contribution in [2.75, 3.05) is 4.90 Å². The number of hydrogen-bond donors (Lipinski definition) is 1. The number of halogens is 4. The van der Waals surface area contributed by atoms with Crippen LogP contribution in [-0.2, 0) is 4.79 Å². The van der Waals surface area contributed by atoms with Gasteiger partial charge in [-0.2, -0.15) is 0 Å². The minimum atomic E-state index is -1.32. The predicted molar refractivity (Wildman–Crippen MR) is 121 cm³/mol. The van der Waals surface area contributed by atoms with Crippen molar-refractivity contribution >= 4 is 44.3 Å². The van der Waals surface area contributed by atoms with E-state index in [-0.39, 0.29) is 22.6 Å². The second kappa shape index (κ2) is 8.18. The first-order valence-corrected chi connectivity index (χ1v) is 10.7. The molecule has 1 aliphatic rings. The topological polar surface area (TPSA) is 70.8 Å². The van der Waals surface area contributed by atoms with Gasteiger partial charge in [-0.05, 0) is 54.1 Å². The zero-order chi connectivity index (χ0) is 24.1. The minimum Gasteiger partial charge on any atom is -0.503 e. The number of Topliss-reactive ketones (excluding diaryl/α,β-unsaturated/α-hetero) is 1. The molecule has 0 spiro atoms. The highest BCUT2D eigenvalue weighted by Gasteiger charge is 2.46. The van der Waals surface area contributed by atoms with Crippen LogP contribution in [0.4, 0.5) is 18.9 Å². The van der Waals surface area contributed by atoms with Crippen molar-refractivity contribution in [1.29, 1.82) is 0 Å². The van der Waals surface area contributed by atoms with Crippen LogP contribution in [0.25, 0.3) is 11.0 Å². The molecule has 1 unspecified atom stereocenters. The van der Waals surface area contributed by atoms with Crippen LogP contribution >= 0.6 is 15.9 Å². The maximum absolute atomic E-state index is 14.7. The van der Waals surface area contributed by atoms with Crippen molar-refractivity contribution < 1.29 is 32.3 Å². The summed E-state index contributed by atoms with van der Waals surface area (Å²) in [6.45, 7) is 0. The molecule has 0 saturated heterocycles. The molecule has 1 atom stereocenters. The lowest BCUT2D eigenvalue weighted by atomic mass is 9.94. The molecular formula is C25H13BrF3NO4. The average molecular weight is 528 g/mol. The van der Waals surface area contributed by atoms with E-state index in [9.17, 15) is 27.9 Å². The number of anilines is 1. The molecule has 4 aromatic rings. The monoisotopic (exact) mass is 527 g/mol. The van der Waals surface area contributed by atoms with Crippen LogP contribution in [0.1, 0.15) is 22.2 Å². The summed E-state index contributed by atoms with van der Waals surface area (Å²) in [7, 11) is 0. The number of furan rings is 1. The van der Waals surface area contributed by atoms with E-state index in [4.69, 9.17) is 4.42 Å². The number of ketones is 1. The third-order valence-corrected chi connectivity index (χ3v) is 6.00. The smallest absolute Gasteiger partial charge is 0.294 e. The fourth-order valence-corrected chi connectivity index (χ4v) is 4.36. The summed E-state index contributed by atoms with van der Waals surface area (Å²) >= 11 is 3.33. The van der Waals surface area contributed by atoms with E-state index in [2.05, 4.69) is 15.9 Å². The summed E-state index contributed by atoms with van der Waals surface area (Å²) in [5.74, 6) is -5.46. The number of aliphatic hydroxyl groups excluding tert-OH is 1. The lowest BCUT2D eigenvalue weighted by Crippen LogP contribution is -2.31. The number of carbonyl (C=O) groups excluding carboxylic acids is 2. The Morgan fingerprint density at radius 2 is 1.65 bits per heavy atom. The van der Waals surface area contributed by atoms with Gasteiger partial charge < -0.3 is 9.52 Å². The molecule has 0 radical (unpaired) electrons. The van der Waals surface area contributed by atoms with Crippen molar-refractivity contribution in [1.82, 2.24) is 0 Å². The molecule has 9 heteroatoms. The van der Waals surface area contributed by atoms with Crippen molar-refractivity contribution in [2.45, 2.75) is 6.04 Å². The Labute approximate surface area is 198 Å². The van der Waals surface area contributed by atoms with Crippen molar-refractivity contribution in [3.05, 3.63) is 111 Å². The lowest BCUT2D eigenvalue weighted by molar-refractivity contribution is -0.117. The van der Waals surface area contributed by atoms with Gasteiger partial charge in [0.1, 0.15) is 23.0 Å². The Kier molecular flexibility index (Phi) is 5.28. The highest BCUT2D eigenvalue weighted by Crippen LogP contribution is 2.43. The molecule has 1 aromatic heterocycles. The fourth-order valence-electron chi connectivity index (χ4n) is 3.98. The Balaban J connectivity index is 1.67. The second-order valence-electron chi connectivity index (χ2n) is 7.61. The van der Waals surface area contributed by atoms with Gasteiger partial charge in [0.15, 0.2) is 11.5 Å². The quantitative estimate of drug-likeness (QED) is 0.312. The van der Waals surface area contributed by atoms with E-state index < -0.39 is 40.9 Å². The molecule has 2 heterocycles. The van der Waals surface area contributed by atoms with Gasteiger partial charge in [0.2, 0.25) is 5.78 Å². The molecule has 0 aliphatic carbocycles. The van der Waals surface area contributed by atoms with Crippen LogP contribution in [0.5, 0.6) is 0 Å². The first kappa shape index (κ1) is 22.0. The number of benzene rings is 3. The summed E-state index contributed by atoms with van der Waals surface area (Å²) in [6, 6.07) is 12.6. The Morgan fingerprint density at radius 3 is 2.35 bits per heavy atom.